The lowest BCUT2D eigenvalue weighted by Crippen LogP contribution is -2.34. The molecule has 0 heterocycles. The third-order valence-corrected chi connectivity index (χ3v) is 1.97. The summed E-state index contributed by atoms with van der Waals surface area (Å²) in [6.45, 7) is 9.46. The lowest BCUT2D eigenvalue weighted by molar-refractivity contribution is -0.138. The fourth-order valence-electron chi connectivity index (χ4n) is 1.02. The molecule has 0 aliphatic heterocycles. The van der Waals surface area contributed by atoms with E-state index in [1.54, 1.807) is 47.7 Å². The third-order valence-electron chi connectivity index (χ3n) is 1.97. The summed E-state index contributed by atoms with van der Waals surface area (Å²) in [7, 11) is 1.61. The number of amides is 1. The Balaban J connectivity index is 4.32. The molecule has 0 spiro atoms. The van der Waals surface area contributed by atoms with Gasteiger partial charge in [0, 0.05) is 19.2 Å². The first-order chi connectivity index (χ1) is 8.17. The van der Waals surface area contributed by atoms with Crippen LogP contribution in [0.15, 0.2) is 11.6 Å². The molecule has 0 fully saturated rings. The molecule has 0 rings (SSSR count). The Morgan fingerprint density at radius 1 is 1.28 bits per heavy atom. The molecule has 1 amide bonds. The molecule has 5 nitrogen and oxygen atoms in total. The van der Waals surface area contributed by atoms with Crippen molar-refractivity contribution in [3.05, 3.63) is 11.6 Å². The van der Waals surface area contributed by atoms with E-state index in [1.165, 1.54) is 4.90 Å². The van der Waals surface area contributed by atoms with E-state index in [0.29, 0.717) is 18.7 Å². The van der Waals surface area contributed by atoms with Crippen molar-refractivity contribution in [3.8, 4) is 0 Å². The first-order valence-corrected chi connectivity index (χ1v) is 5.95. The molecule has 0 aliphatic carbocycles. The van der Waals surface area contributed by atoms with Gasteiger partial charge >= 0.3 is 12.1 Å². The summed E-state index contributed by atoms with van der Waals surface area (Å²) in [6.07, 6.45) is 1.22. The molecule has 0 saturated carbocycles. The van der Waals surface area contributed by atoms with Crippen LogP contribution in [0.3, 0.4) is 0 Å². The summed E-state index contributed by atoms with van der Waals surface area (Å²) in [5.41, 5.74) is -0.0436. The molecule has 0 aromatic rings. The van der Waals surface area contributed by atoms with E-state index in [2.05, 4.69) is 0 Å². The van der Waals surface area contributed by atoms with Crippen molar-refractivity contribution in [2.45, 2.75) is 40.2 Å². The van der Waals surface area contributed by atoms with E-state index < -0.39 is 11.7 Å². The number of carbonyl (C=O) groups is 2. The number of ether oxygens (including phenoxy) is 2. The van der Waals surface area contributed by atoms with Gasteiger partial charge in [0.05, 0.1) is 6.61 Å². The van der Waals surface area contributed by atoms with Crippen LogP contribution in [0.25, 0.3) is 0 Å². The van der Waals surface area contributed by atoms with Crippen molar-refractivity contribution in [1.29, 1.82) is 0 Å². The Hall–Kier alpha value is -1.52. The van der Waals surface area contributed by atoms with E-state index in [9.17, 15) is 9.59 Å². The smallest absolute Gasteiger partial charge is 0.410 e. The van der Waals surface area contributed by atoms with Crippen molar-refractivity contribution in [2.75, 3.05) is 20.2 Å². The van der Waals surface area contributed by atoms with Gasteiger partial charge in [-0.3, -0.25) is 0 Å². The number of esters is 1. The molecule has 0 unspecified atom stereocenters. The highest BCUT2D eigenvalue weighted by Crippen LogP contribution is 2.09. The lowest BCUT2D eigenvalue weighted by atomic mass is 10.2. The monoisotopic (exact) mass is 257 g/mol. The largest absolute Gasteiger partial charge is 0.463 e. The van der Waals surface area contributed by atoms with Gasteiger partial charge in [-0.05, 0) is 34.6 Å². The van der Waals surface area contributed by atoms with Crippen molar-refractivity contribution in [1.82, 2.24) is 4.90 Å². The summed E-state index contributed by atoms with van der Waals surface area (Å²) in [5, 5.41) is 0. The van der Waals surface area contributed by atoms with Crippen LogP contribution in [-0.4, -0.2) is 42.8 Å². The molecular formula is C13H23NO4. The number of likely N-dealkylation sites (N-methyl/N-ethyl adjacent to an activating group) is 1. The Bertz CT molecular complexity index is 328. The predicted molar refractivity (Wildman–Crippen MR) is 69.3 cm³/mol. The minimum Gasteiger partial charge on any atom is -0.463 e. The van der Waals surface area contributed by atoms with Gasteiger partial charge in [-0.15, -0.1) is 0 Å². The standard InChI is InChI=1S/C13H23NO4/c1-7-17-11(15)10(2)8-9-14(6)12(16)18-13(3,4)5/h8H,7,9H2,1-6H3/b10-8-. The zero-order valence-corrected chi connectivity index (χ0v) is 12.1. The summed E-state index contributed by atoms with van der Waals surface area (Å²) in [5.74, 6) is -0.366. The van der Waals surface area contributed by atoms with Gasteiger partial charge < -0.3 is 14.4 Å². The van der Waals surface area contributed by atoms with Crippen LogP contribution in [0.2, 0.25) is 0 Å². The third kappa shape index (κ3) is 6.93. The molecule has 0 saturated heterocycles. The Morgan fingerprint density at radius 3 is 2.28 bits per heavy atom. The molecule has 5 heteroatoms. The molecule has 18 heavy (non-hydrogen) atoms. The Morgan fingerprint density at radius 2 is 1.83 bits per heavy atom. The number of carbonyl (C=O) groups excluding carboxylic acids is 2. The average Bonchev–Trinajstić information content (AvgIpc) is 2.23. The first-order valence-electron chi connectivity index (χ1n) is 5.95. The van der Waals surface area contributed by atoms with Crippen LogP contribution in [0.4, 0.5) is 4.79 Å². The molecule has 0 aliphatic rings. The fourth-order valence-corrected chi connectivity index (χ4v) is 1.02. The number of hydrogen-bond acceptors (Lipinski definition) is 4. The minimum absolute atomic E-state index is 0.305. The second-order valence-corrected chi connectivity index (χ2v) is 4.97. The van der Waals surface area contributed by atoms with Gasteiger partial charge in [0.25, 0.3) is 0 Å². The van der Waals surface area contributed by atoms with Crippen LogP contribution in [0, 0.1) is 0 Å². The zero-order chi connectivity index (χ0) is 14.3. The van der Waals surface area contributed by atoms with Crippen LogP contribution in [0.5, 0.6) is 0 Å². The number of rotatable bonds is 4. The lowest BCUT2D eigenvalue weighted by Gasteiger charge is -2.24. The fraction of sp³-hybridized carbons (Fsp3) is 0.692. The van der Waals surface area contributed by atoms with E-state index in [1.807, 2.05) is 0 Å². The second-order valence-electron chi connectivity index (χ2n) is 4.97. The minimum atomic E-state index is -0.523. The van der Waals surface area contributed by atoms with Gasteiger partial charge in [-0.2, -0.15) is 0 Å². The van der Waals surface area contributed by atoms with Crippen molar-refractivity contribution >= 4 is 12.1 Å². The number of hydrogen-bond donors (Lipinski definition) is 0. The molecule has 104 valence electrons. The van der Waals surface area contributed by atoms with Crippen LogP contribution >= 0.6 is 0 Å². The summed E-state index contributed by atoms with van der Waals surface area (Å²) < 4.78 is 10.0. The maximum Gasteiger partial charge on any atom is 0.410 e. The molecular weight excluding hydrogens is 234 g/mol. The molecule has 0 bridgehead atoms. The maximum atomic E-state index is 11.6. The zero-order valence-electron chi connectivity index (χ0n) is 12.1. The number of nitrogens with zero attached hydrogens (tertiary/aromatic N) is 1. The normalized spacial score (nSPS) is 12.0. The summed E-state index contributed by atoms with van der Waals surface area (Å²) in [6, 6.07) is 0. The maximum absolute atomic E-state index is 11.6. The van der Waals surface area contributed by atoms with Gasteiger partial charge in [0.15, 0.2) is 0 Å². The topological polar surface area (TPSA) is 55.8 Å². The van der Waals surface area contributed by atoms with Gasteiger partial charge in [-0.25, -0.2) is 9.59 Å². The van der Waals surface area contributed by atoms with Gasteiger partial charge in [0.1, 0.15) is 5.60 Å². The SMILES string of the molecule is CCOC(=O)/C(C)=C\CN(C)C(=O)OC(C)(C)C. The van der Waals surface area contributed by atoms with E-state index in [-0.39, 0.29) is 5.97 Å². The van der Waals surface area contributed by atoms with Crippen LogP contribution < -0.4 is 0 Å². The van der Waals surface area contributed by atoms with E-state index in [4.69, 9.17) is 9.47 Å². The summed E-state index contributed by atoms with van der Waals surface area (Å²) in [4.78, 5) is 24.4. The quantitative estimate of drug-likeness (QED) is 0.573. The Labute approximate surface area is 109 Å². The Kier molecular flexibility index (Phi) is 6.44. The molecule has 0 aromatic carbocycles. The molecule has 0 radical (unpaired) electrons. The van der Waals surface area contributed by atoms with Gasteiger partial charge in [-0.1, -0.05) is 6.08 Å². The van der Waals surface area contributed by atoms with E-state index in [0.717, 1.165) is 0 Å². The summed E-state index contributed by atoms with van der Waals surface area (Å²) >= 11 is 0. The highest BCUT2D eigenvalue weighted by Gasteiger charge is 2.19. The van der Waals surface area contributed by atoms with E-state index >= 15 is 0 Å². The second kappa shape index (κ2) is 7.03. The first kappa shape index (κ1) is 16.5. The molecule has 0 N–H and O–H groups in total. The average molecular weight is 257 g/mol. The van der Waals surface area contributed by atoms with Gasteiger partial charge in [0.2, 0.25) is 0 Å². The molecule has 0 atom stereocenters. The van der Waals surface area contributed by atoms with Crippen molar-refractivity contribution in [3.63, 3.8) is 0 Å². The highest BCUT2D eigenvalue weighted by atomic mass is 16.6. The van der Waals surface area contributed by atoms with Crippen LogP contribution in [-0.2, 0) is 14.3 Å². The van der Waals surface area contributed by atoms with Crippen molar-refractivity contribution in [2.24, 2.45) is 0 Å². The predicted octanol–water partition coefficient (Wildman–Crippen LogP) is 2.36. The van der Waals surface area contributed by atoms with Crippen molar-refractivity contribution < 1.29 is 19.1 Å². The highest BCUT2D eigenvalue weighted by molar-refractivity contribution is 5.87. The van der Waals surface area contributed by atoms with Crippen LogP contribution in [0.1, 0.15) is 34.6 Å². The molecule has 0 aromatic heterocycles.